The average Bonchev–Trinajstić information content (AvgIpc) is 4.04. The molecular formula is C72H49NOSi. The number of nitrogens with zero attached hydrogens (tertiary/aromatic N) is 1. The van der Waals surface area contributed by atoms with Gasteiger partial charge in [-0.2, -0.15) is 0 Å². The summed E-state index contributed by atoms with van der Waals surface area (Å²) >= 11 is 0. The van der Waals surface area contributed by atoms with E-state index in [-0.39, 0.29) is 0 Å². The molecule has 0 saturated carbocycles. The topological polar surface area (TPSA) is 18.1 Å². The van der Waals surface area contributed by atoms with E-state index in [0.29, 0.717) is 0 Å². The number of aromatic nitrogens is 1. The fourth-order valence-corrected chi connectivity index (χ4v) is 16.7. The molecule has 0 radical (unpaired) electrons. The minimum atomic E-state index is -3.26. The molecule has 12 aromatic carbocycles. The van der Waals surface area contributed by atoms with Crippen LogP contribution in [-0.2, 0) is 0 Å². The second kappa shape index (κ2) is 18.5. The third-order valence-electron chi connectivity index (χ3n) is 15.3. The fraction of sp³-hybridized carbons (Fsp3) is 0. The van der Waals surface area contributed by atoms with E-state index >= 15 is 0 Å². The van der Waals surface area contributed by atoms with Gasteiger partial charge in [0.25, 0.3) is 0 Å². The minimum absolute atomic E-state index is 0.898. The first kappa shape index (κ1) is 44.2. The standard InChI is InChI=1S/C72H49NOSi/c1-6-22-50(23-7-1)54-30-20-34-59(44-54)75(58-32-14-5-15-33-58,60-35-21-31-55(45-60)51-24-8-2-9-25-51)61-48-64(52-26-10-3-11-27-52)72(65(49-61)53-28-12-4-13-29-53)73-68-38-18-16-36-62(68)66-46-56(40-42-69(66)73)57-41-43-71-67(47-57)63-37-17-19-39-70(63)74-71/h1-49H. The number of hydrogen-bond donors (Lipinski definition) is 0. The second-order valence-corrected chi connectivity index (χ2v) is 23.4. The molecule has 0 bridgehead atoms. The van der Waals surface area contributed by atoms with E-state index in [1.54, 1.807) is 0 Å². The molecule has 0 aliphatic heterocycles. The Labute approximate surface area is 437 Å². The number of rotatable bonds is 10. The maximum atomic E-state index is 6.27. The molecule has 14 aromatic rings. The van der Waals surface area contributed by atoms with Crippen molar-refractivity contribution in [3.8, 4) is 61.3 Å². The highest BCUT2D eigenvalue weighted by Crippen LogP contribution is 2.43. The molecule has 2 nitrogen and oxygen atoms in total. The highest BCUT2D eigenvalue weighted by Gasteiger charge is 2.43. The van der Waals surface area contributed by atoms with Gasteiger partial charge in [-0.05, 0) is 102 Å². The van der Waals surface area contributed by atoms with E-state index in [1.165, 1.54) is 64.9 Å². The van der Waals surface area contributed by atoms with Gasteiger partial charge in [-0.15, -0.1) is 0 Å². The van der Waals surface area contributed by atoms with E-state index in [1.807, 2.05) is 12.1 Å². The molecule has 0 atom stereocenters. The van der Waals surface area contributed by atoms with Crippen LogP contribution in [0.1, 0.15) is 0 Å². The molecule has 0 unspecified atom stereocenters. The van der Waals surface area contributed by atoms with E-state index in [2.05, 4.69) is 290 Å². The zero-order valence-electron chi connectivity index (χ0n) is 41.1. The lowest BCUT2D eigenvalue weighted by atomic mass is 9.95. The lowest BCUT2D eigenvalue weighted by Gasteiger charge is -2.36. The maximum absolute atomic E-state index is 6.27. The van der Waals surface area contributed by atoms with Crippen molar-refractivity contribution in [1.29, 1.82) is 0 Å². The predicted octanol–water partition coefficient (Wildman–Crippen LogP) is 16.4. The van der Waals surface area contributed by atoms with Crippen LogP contribution in [0.25, 0.3) is 105 Å². The molecule has 0 saturated heterocycles. The Morgan fingerprint density at radius 1 is 0.240 bits per heavy atom. The van der Waals surface area contributed by atoms with E-state index in [9.17, 15) is 0 Å². The smallest absolute Gasteiger partial charge is 0.179 e. The van der Waals surface area contributed by atoms with Crippen molar-refractivity contribution < 1.29 is 4.42 Å². The maximum Gasteiger partial charge on any atom is 0.179 e. The fourth-order valence-electron chi connectivity index (χ4n) is 11.9. The minimum Gasteiger partial charge on any atom is -0.456 e. The highest BCUT2D eigenvalue weighted by atomic mass is 28.3. The Balaban J connectivity index is 1.09. The zero-order chi connectivity index (χ0) is 49.7. The molecule has 352 valence electrons. The van der Waals surface area contributed by atoms with Crippen molar-refractivity contribution in [2.75, 3.05) is 0 Å². The number of benzene rings is 12. The van der Waals surface area contributed by atoms with Gasteiger partial charge in [0.1, 0.15) is 11.2 Å². The van der Waals surface area contributed by atoms with Crippen LogP contribution in [0, 0.1) is 0 Å². The molecule has 2 heterocycles. The third-order valence-corrected chi connectivity index (χ3v) is 20.0. The van der Waals surface area contributed by atoms with Gasteiger partial charge in [0.05, 0.1) is 16.7 Å². The molecule has 0 aliphatic carbocycles. The summed E-state index contributed by atoms with van der Waals surface area (Å²) in [4.78, 5) is 0. The SMILES string of the molecule is c1ccc(-c2cccc([Si](c3ccccc3)(c3cccc(-c4ccccc4)c3)c3cc(-c4ccccc4)c(-n4c5ccccc5c5cc(-c6ccc7oc8ccccc8c7c6)ccc54)c(-c4ccccc4)c3)c2)cc1. The van der Waals surface area contributed by atoms with Gasteiger partial charge in [-0.1, -0.05) is 261 Å². The van der Waals surface area contributed by atoms with Crippen molar-refractivity contribution >= 4 is 72.6 Å². The molecule has 0 spiro atoms. The monoisotopic (exact) mass is 971 g/mol. The Morgan fingerprint density at radius 3 is 1.24 bits per heavy atom. The van der Waals surface area contributed by atoms with Crippen LogP contribution in [0.2, 0.25) is 0 Å². The molecule has 2 aromatic heterocycles. The number of furan rings is 1. The van der Waals surface area contributed by atoms with Crippen molar-refractivity contribution in [2.24, 2.45) is 0 Å². The lowest BCUT2D eigenvalue weighted by Crippen LogP contribution is -2.74. The Kier molecular flexibility index (Phi) is 10.9. The Bertz CT molecular complexity index is 4240. The van der Waals surface area contributed by atoms with Crippen LogP contribution in [0.5, 0.6) is 0 Å². The largest absolute Gasteiger partial charge is 0.456 e. The third kappa shape index (κ3) is 7.55. The van der Waals surface area contributed by atoms with Crippen LogP contribution in [0.3, 0.4) is 0 Å². The number of para-hydroxylation sites is 2. The average molecular weight is 972 g/mol. The first-order valence-corrected chi connectivity index (χ1v) is 27.8. The molecule has 14 rings (SSSR count). The van der Waals surface area contributed by atoms with Gasteiger partial charge in [-0.3, -0.25) is 0 Å². The van der Waals surface area contributed by atoms with Crippen molar-refractivity contribution in [3.05, 3.63) is 297 Å². The summed E-state index contributed by atoms with van der Waals surface area (Å²) in [6.45, 7) is 0. The zero-order valence-corrected chi connectivity index (χ0v) is 42.1. The summed E-state index contributed by atoms with van der Waals surface area (Å²) in [5.41, 5.74) is 17.0. The van der Waals surface area contributed by atoms with Crippen LogP contribution in [0.15, 0.2) is 302 Å². The molecule has 75 heavy (non-hydrogen) atoms. The normalized spacial score (nSPS) is 11.7. The van der Waals surface area contributed by atoms with Crippen molar-refractivity contribution in [2.45, 2.75) is 0 Å². The van der Waals surface area contributed by atoms with Gasteiger partial charge in [0.15, 0.2) is 8.07 Å². The van der Waals surface area contributed by atoms with Crippen LogP contribution < -0.4 is 20.7 Å². The first-order chi connectivity index (χ1) is 37.2. The molecule has 0 fully saturated rings. The van der Waals surface area contributed by atoms with E-state index in [4.69, 9.17) is 4.42 Å². The molecular weight excluding hydrogens is 923 g/mol. The van der Waals surface area contributed by atoms with Crippen LogP contribution in [0.4, 0.5) is 0 Å². The molecule has 0 aliphatic rings. The summed E-state index contributed by atoms with van der Waals surface area (Å²) in [6, 6.07) is 110. The number of hydrogen-bond acceptors (Lipinski definition) is 1. The Hall–Kier alpha value is -9.54. The predicted molar refractivity (Wildman–Crippen MR) is 319 cm³/mol. The molecule has 0 amide bonds. The van der Waals surface area contributed by atoms with Crippen LogP contribution in [-0.4, -0.2) is 12.6 Å². The summed E-state index contributed by atoms with van der Waals surface area (Å²) < 4.78 is 8.82. The van der Waals surface area contributed by atoms with Gasteiger partial charge < -0.3 is 8.98 Å². The van der Waals surface area contributed by atoms with E-state index < -0.39 is 8.07 Å². The van der Waals surface area contributed by atoms with Gasteiger partial charge >= 0.3 is 0 Å². The first-order valence-electron chi connectivity index (χ1n) is 25.8. The molecule has 0 N–H and O–H groups in total. The van der Waals surface area contributed by atoms with Gasteiger partial charge in [0, 0.05) is 32.7 Å². The number of fused-ring (bicyclic) bond motifs is 6. The van der Waals surface area contributed by atoms with Gasteiger partial charge in [0.2, 0.25) is 0 Å². The summed E-state index contributed by atoms with van der Waals surface area (Å²) in [5, 5.41) is 9.91. The highest BCUT2D eigenvalue weighted by molar-refractivity contribution is 7.20. The summed E-state index contributed by atoms with van der Waals surface area (Å²) in [5.74, 6) is 0. The Morgan fingerprint density at radius 2 is 0.653 bits per heavy atom. The van der Waals surface area contributed by atoms with Gasteiger partial charge in [-0.25, -0.2) is 0 Å². The summed E-state index contributed by atoms with van der Waals surface area (Å²) in [7, 11) is -3.26. The lowest BCUT2D eigenvalue weighted by molar-refractivity contribution is 0.669. The van der Waals surface area contributed by atoms with E-state index in [0.717, 1.165) is 60.9 Å². The summed E-state index contributed by atoms with van der Waals surface area (Å²) in [6.07, 6.45) is 0. The van der Waals surface area contributed by atoms with Crippen LogP contribution >= 0.6 is 0 Å². The van der Waals surface area contributed by atoms with Crippen molar-refractivity contribution in [3.63, 3.8) is 0 Å². The molecule has 3 heteroatoms. The second-order valence-electron chi connectivity index (χ2n) is 19.6. The van der Waals surface area contributed by atoms with Crippen molar-refractivity contribution in [1.82, 2.24) is 4.57 Å². The quantitative estimate of drug-likeness (QED) is 0.0986.